The maximum absolute atomic E-state index is 12.5. The molecule has 0 atom stereocenters. The van der Waals surface area contributed by atoms with Gasteiger partial charge in [0.2, 0.25) is 5.90 Å². The highest BCUT2D eigenvalue weighted by Gasteiger charge is 2.32. The maximum atomic E-state index is 12.5. The lowest BCUT2D eigenvalue weighted by molar-refractivity contribution is 0.329. The van der Waals surface area contributed by atoms with E-state index in [1.807, 2.05) is 6.07 Å². The van der Waals surface area contributed by atoms with Crippen LogP contribution in [0.15, 0.2) is 52.9 Å². The van der Waals surface area contributed by atoms with Crippen LogP contribution >= 0.6 is 11.6 Å². The van der Waals surface area contributed by atoms with E-state index >= 15 is 0 Å². The lowest BCUT2D eigenvalue weighted by atomic mass is 10.1. The summed E-state index contributed by atoms with van der Waals surface area (Å²) in [7, 11) is -3.85. The molecule has 3 rings (SSSR count). The minimum absolute atomic E-state index is 0.135. The average molecular weight is 351 g/mol. The Labute approximate surface area is 140 Å². The molecule has 2 aromatic carbocycles. The molecule has 0 saturated carbocycles. The second-order valence-electron chi connectivity index (χ2n) is 4.96. The predicted octanol–water partition coefficient (Wildman–Crippen LogP) is 3.39. The van der Waals surface area contributed by atoms with Gasteiger partial charge in [-0.15, -0.1) is 4.40 Å². The molecule has 0 bridgehead atoms. The van der Waals surface area contributed by atoms with Crippen LogP contribution in [0.1, 0.15) is 18.1 Å². The van der Waals surface area contributed by atoms with Gasteiger partial charge in [0.05, 0.1) is 24.4 Å². The van der Waals surface area contributed by atoms with Crippen LogP contribution in [-0.4, -0.2) is 20.9 Å². The van der Waals surface area contributed by atoms with Gasteiger partial charge in [-0.1, -0.05) is 35.9 Å². The largest absolute Gasteiger partial charge is 0.477 e. The van der Waals surface area contributed by atoms with Gasteiger partial charge in [0, 0.05) is 5.02 Å². The average Bonchev–Trinajstić information content (AvgIpc) is 2.53. The summed E-state index contributed by atoms with van der Waals surface area (Å²) in [6.45, 7) is 2.32. The van der Waals surface area contributed by atoms with Crippen molar-refractivity contribution in [1.82, 2.24) is 0 Å². The lowest BCUT2D eigenvalue weighted by Gasteiger charge is -2.28. The van der Waals surface area contributed by atoms with Crippen LogP contribution in [0, 0.1) is 0 Å². The van der Waals surface area contributed by atoms with Crippen LogP contribution < -0.4 is 4.31 Å². The minimum Gasteiger partial charge on any atom is -0.477 e. The second-order valence-corrected chi connectivity index (χ2v) is 6.91. The first kappa shape index (κ1) is 15.8. The van der Waals surface area contributed by atoms with Gasteiger partial charge >= 0.3 is 10.2 Å². The van der Waals surface area contributed by atoms with E-state index < -0.39 is 10.2 Å². The van der Waals surface area contributed by atoms with Crippen molar-refractivity contribution in [2.45, 2.75) is 13.5 Å². The van der Waals surface area contributed by atoms with Gasteiger partial charge in [-0.25, -0.2) is 4.31 Å². The molecule has 1 aliphatic rings. The quantitative estimate of drug-likeness (QED) is 0.852. The molecule has 0 radical (unpaired) electrons. The molecule has 120 valence electrons. The topological polar surface area (TPSA) is 59.0 Å². The summed E-state index contributed by atoms with van der Waals surface area (Å²) in [6.07, 6.45) is 0. The summed E-state index contributed by atoms with van der Waals surface area (Å²) in [5.74, 6) is 0.135. The number of benzene rings is 2. The minimum atomic E-state index is -3.85. The fourth-order valence-corrected chi connectivity index (χ4v) is 3.67. The van der Waals surface area contributed by atoms with Gasteiger partial charge in [0.25, 0.3) is 0 Å². The van der Waals surface area contributed by atoms with E-state index in [9.17, 15) is 8.42 Å². The Morgan fingerprint density at radius 1 is 1.13 bits per heavy atom. The van der Waals surface area contributed by atoms with Crippen molar-refractivity contribution in [3.05, 3.63) is 64.7 Å². The first-order valence-electron chi connectivity index (χ1n) is 7.10. The zero-order valence-electron chi connectivity index (χ0n) is 12.4. The van der Waals surface area contributed by atoms with Gasteiger partial charge in [-0.05, 0) is 36.8 Å². The molecule has 0 saturated heterocycles. The zero-order valence-corrected chi connectivity index (χ0v) is 14.0. The Morgan fingerprint density at radius 3 is 2.52 bits per heavy atom. The normalized spacial score (nSPS) is 15.7. The molecule has 1 aliphatic heterocycles. The molecule has 1 heterocycles. The molecule has 0 fully saturated rings. The van der Waals surface area contributed by atoms with Crippen molar-refractivity contribution in [3.63, 3.8) is 0 Å². The van der Waals surface area contributed by atoms with Crippen molar-refractivity contribution in [2.75, 3.05) is 10.9 Å². The van der Waals surface area contributed by atoms with E-state index in [-0.39, 0.29) is 12.4 Å². The second kappa shape index (κ2) is 6.22. The van der Waals surface area contributed by atoms with Crippen molar-refractivity contribution in [3.8, 4) is 0 Å². The van der Waals surface area contributed by atoms with Gasteiger partial charge in [0.1, 0.15) is 0 Å². The molecular weight excluding hydrogens is 336 g/mol. The summed E-state index contributed by atoms with van der Waals surface area (Å²) in [5, 5.41) is 0.604. The highest BCUT2D eigenvalue weighted by atomic mass is 35.5. The Hall–Kier alpha value is -2.05. The highest BCUT2D eigenvalue weighted by molar-refractivity contribution is 7.91. The third kappa shape index (κ3) is 3.18. The van der Waals surface area contributed by atoms with E-state index in [1.165, 1.54) is 4.31 Å². The molecule has 5 nitrogen and oxygen atoms in total. The monoisotopic (exact) mass is 350 g/mol. The number of nitrogens with zero attached hydrogens (tertiary/aromatic N) is 2. The van der Waals surface area contributed by atoms with Gasteiger partial charge < -0.3 is 4.74 Å². The molecule has 0 unspecified atom stereocenters. The Bertz CT molecular complexity index is 848. The van der Waals surface area contributed by atoms with Crippen LogP contribution in [0.25, 0.3) is 0 Å². The van der Waals surface area contributed by atoms with E-state index in [4.69, 9.17) is 16.3 Å². The number of hydrogen-bond donors (Lipinski definition) is 0. The Kier molecular flexibility index (Phi) is 4.28. The van der Waals surface area contributed by atoms with Crippen LogP contribution in [0.4, 0.5) is 5.69 Å². The van der Waals surface area contributed by atoms with Crippen molar-refractivity contribution in [1.29, 1.82) is 0 Å². The van der Waals surface area contributed by atoms with E-state index in [2.05, 4.69) is 4.40 Å². The number of hydrogen-bond acceptors (Lipinski definition) is 3. The standard InChI is InChI=1S/C16H15ClN2O3S/c1-2-22-16-14-5-3-4-6-15(14)19(23(20,21)18-16)11-12-7-9-13(17)10-8-12/h3-10H,2,11H2,1H3. The summed E-state index contributed by atoms with van der Waals surface area (Å²) >= 11 is 5.88. The first-order valence-corrected chi connectivity index (χ1v) is 8.88. The number of anilines is 1. The molecular formula is C16H15ClN2O3S. The number of halogens is 1. The smallest absolute Gasteiger partial charge is 0.348 e. The summed E-state index contributed by atoms with van der Waals surface area (Å²) in [4.78, 5) is 0. The first-order chi connectivity index (χ1) is 11.0. The Morgan fingerprint density at radius 2 is 1.83 bits per heavy atom. The molecule has 0 aliphatic carbocycles. The number of para-hydroxylation sites is 1. The molecule has 23 heavy (non-hydrogen) atoms. The summed E-state index contributed by atoms with van der Waals surface area (Å²) in [5.41, 5.74) is 2.04. The maximum Gasteiger partial charge on any atom is 0.348 e. The SMILES string of the molecule is CCOC1=NS(=O)(=O)N(Cc2ccc(Cl)cc2)c2ccccc21. The van der Waals surface area contributed by atoms with Crippen molar-refractivity contribution in [2.24, 2.45) is 4.40 Å². The molecule has 2 aromatic rings. The molecule has 0 N–H and O–H groups in total. The van der Waals surface area contributed by atoms with E-state index in [1.54, 1.807) is 49.4 Å². The van der Waals surface area contributed by atoms with Gasteiger partial charge in [-0.2, -0.15) is 8.42 Å². The highest BCUT2D eigenvalue weighted by Crippen LogP contribution is 2.31. The molecule has 0 aromatic heterocycles. The third-order valence-corrected chi connectivity index (χ3v) is 4.93. The molecule has 0 amide bonds. The Balaban J connectivity index is 2.05. The van der Waals surface area contributed by atoms with Gasteiger partial charge in [-0.3, -0.25) is 0 Å². The summed E-state index contributed by atoms with van der Waals surface area (Å²) in [6, 6.07) is 14.2. The summed E-state index contributed by atoms with van der Waals surface area (Å²) < 4.78 is 35.5. The zero-order chi connectivity index (χ0) is 16.4. The lowest BCUT2D eigenvalue weighted by Crippen LogP contribution is -2.35. The van der Waals surface area contributed by atoms with E-state index in [0.29, 0.717) is 22.9 Å². The molecule has 0 spiro atoms. The van der Waals surface area contributed by atoms with Crippen molar-refractivity contribution >= 4 is 33.4 Å². The van der Waals surface area contributed by atoms with Crippen LogP contribution in [0.3, 0.4) is 0 Å². The number of fused-ring (bicyclic) bond motifs is 1. The van der Waals surface area contributed by atoms with Crippen LogP contribution in [0.5, 0.6) is 0 Å². The van der Waals surface area contributed by atoms with Gasteiger partial charge in [0.15, 0.2) is 0 Å². The number of rotatable bonds is 3. The fourth-order valence-electron chi connectivity index (χ4n) is 2.36. The predicted molar refractivity (Wildman–Crippen MR) is 91.2 cm³/mol. The van der Waals surface area contributed by atoms with Crippen molar-refractivity contribution < 1.29 is 13.2 Å². The van der Waals surface area contributed by atoms with E-state index in [0.717, 1.165) is 5.56 Å². The fraction of sp³-hybridized carbons (Fsp3) is 0.188. The van der Waals surface area contributed by atoms with Crippen LogP contribution in [0.2, 0.25) is 5.02 Å². The number of ether oxygens (including phenoxy) is 1. The molecule has 7 heteroatoms. The van der Waals surface area contributed by atoms with Crippen LogP contribution in [-0.2, 0) is 21.5 Å². The third-order valence-electron chi connectivity index (χ3n) is 3.40.